The highest BCUT2D eigenvalue weighted by atomic mass is 32.2. The molecule has 2 heterocycles. The molecule has 1 aromatic carbocycles. The number of amides is 1. The van der Waals surface area contributed by atoms with Gasteiger partial charge in [-0.1, -0.05) is 49.9 Å². The number of nitrogens with one attached hydrogen (secondary N) is 1. The van der Waals surface area contributed by atoms with Gasteiger partial charge < -0.3 is 9.88 Å². The maximum absolute atomic E-state index is 12.6. The summed E-state index contributed by atoms with van der Waals surface area (Å²) in [5, 5.41) is 25.2. The molecule has 0 aliphatic carbocycles. The Bertz CT molecular complexity index is 1050. The van der Waals surface area contributed by atoms with Gasteiger partial charge in [0.2, 0.25) is 0 Å². The SMILES string of the molecule is C=CCn1c(SCc2ccc([N+](=O)[O-])cc2)nnc1[C@H](NC(=O)c1cccs1)C(C)C. The summed E-state index contributed by atoms with van der Waals surface area (Å²) in [5.41, 5.74) is 1.00. The molecule has 0 saturated carbocycles. The minimum atomic E-state index is -0.416. The fourth-order valence-corrected chi connectivity index (χ4v) is 4.49. The van der Waals surface area contributed by atoms with Crippen molar-refractivity contribution < 1.29 is 9.72 Å². The number of aromatic nitrogens is 3. The van der Waals surface area contributed by atoms with Crippen LogP contribution in [0.3, 0.4) is 0 Å². The number of benzene rings is 1. The van der Waals surface area contributed by atoms with Crippen LogP contribution in [0.4, 0.5) is 5.69 Å². The summed E-state index contributed by atoms with van der Waals surface area (Å²) in [6.45, 7) is 8.38. The van der Waals surface area contributed by atoms with E-state index in [1.807, 2.05) is 29.9 Å². The quantitative estimate of drug-likeness (QED) is 0.202. The van der Waals surface area contributed by atoms with E-state index < -0.39 is 4.92 Å². The normalized spacial score (nSPS) is 12.0. The van der Waals surface area contributed by atoms with Crippen molar-refractivity contribution in [3.63, 3.8) is 0 Å². The number of non-ortho nitro benzene ring substituents is 1. The lowest BCUT2D eigenvalue weighted by atomic mass is 10.0. The van der Waals surface area contributed by atoms with Crippen LogP contribution in [0, 0.1) is 16.0 Å². The molecule has 3 rings (SSSR count). The second-order valence-corrected chi connectivity index (χ2v) is 9.01. The summed E-state index contributed by atoms with van der Waals surface area (Å²) in [6, 6.07) is 9.77. The zero-order valence-electron chi connectivity index (χ0n) is 17.2. The summed E-state index contributed by atoms with van der Waals surface area (Å²) in [4.78, 5) is 23.7. The van der Waals surface area contributed by atoms with Gasteiger partial charge in [-0.25, -0.2) is 0 Å². The number of rotatable bonds is 10. The lowest BCUT2D eigenvalue weighted by Gasteiger charge is -2.22. The van der Waals surface area contributed by atoms with Crippen LogP contribution in [-0.2, 0) is 12.3 Å². The molecule has 8 nitrogen and oxygen atoms in total. The lowest BCUT2D eigenvalue weighted by Crippen LogP contribution is -2.33. The van der Waals surface area contributed by atoms with Gasteiger partial charge in [0.25, 0.3) is 11.6 Å². The van der Waals surface area contributed by atoms with E-state index in [1.165, 1.54) is 35.2 Å². The van der Waals surface area contributed by atoms with Crippen LogP contribution in [0.2, 0.25) is 0 Å². The van der Waals surface area contributed by atoms with Crippen molar-refractivity contribution in [2.45, 2.75) is 37.3 Å². The van der Waals surface area contributed by atoms with Crippen LogP contribution in [0.1, 0.15) is 40.9 Å². The number of thioether (sulfide) groups is 1. The average Bonchev–Trinajstić information content (AvgIpc) is 3.41. The predicted molar refractivity (Wildman–Crippen MR) is 122 cm³/mol. The molecule has 0 unspecified atom stereocenters. The highest BCUT2D eigenvalue weighted by Crippen LogP contribution is 2.28. The first-order valence-electron chi connectivity index (χ1n) is 9.65. The fraction of sp³-hybridized carbons (Fsp3) is 0.286. The molecule has 1 atom stereocenters. The van der Waals surface area contributed by atoms with Crippen molar-refractivity contribution in [1.29, 1.82) is 0 Å². The number of allylic oxidation sites excluding steroid dienone is 1. The van der Waals surface area contributed by atoms with E-state index in [9.17, 15) is 14.9 Å². The molecule has 162 valence electrons. The number of nitrogens with zero attached hydrogens (tertiary/aromatic N) is 4. The Morgan fingerprint density at radius 1 is 1.32 bits per heavy atom. The number of nitro benzene ring substituents is 1. The minimum Gasteiger partial charge on any atom is -0.341 e. The van der Waals surface area contributed by atoms with Gasteiger partial charge in [-0.3, -0.25) is 14.9 Å². The van der Waals surface area contributed by atoms with Gasteiger partial charge in [0.05, 0.1) is 15.8 Å². The molecule has 0 bridgehead atoms. The molecular weight excluding hydrogens is 434 g/mol. The van der Waals surface area contributed by atoms with E-state index >= 15 is 0 Å². The van der Waals surface area contributed by atoms with Crippen molar-refractivity contribution in [3.8, 4) is 0 Å². The molecule has 1 amide bonds. The summed E-state index contributed by atoms with van der Waals surface area (Å²) in [7, 11) is 0. The van der Waals surface area contributed by atoms with Crippen molar-refractivity contribution in [2.75, 3.05) is 0 Å². The molecule has 0 saturated heterocycles. The third-order valence-corrected chi connectivity index (χ3v) is 6.46. The Labute approximate surface area is 188 Å². The number of hydrogen-bond donors (Lipinski definition) is 1. The first-order chi connectivity index (χ1) is 14.9. The number of nitro groups is 1. The first kappa shape index (κ1) is 22.7. The highest BCUT2D eigenvalue weighted by Gasteiger charge is 2.26. The summed E-state index contributed by atoms with van der Waals surface area (Å²) < 4.78 is 1.95. The smallest absolute Gasteiger partial charge is 0.269 e. The molecule has 3 aromatic rings. The fourth-order valence-electron chi connectivity index (χ4n) is 2.95. The standard InChI is InChI=1S/C21H23N5O3S2/c1-4-11-25-19(18(14(2)3)22-20(27)17-6-5-12-30-17)23-24-21(25)31-13-15-7-9-16(10-8-15)26(28)29/h4-10,12,14,18H,1,11,13H2,2-3H3,(H,22,27)/t18-/m1/s1. The molecule has 2 aromatic heterocycles. The van der Waals surface area contributed by atoms with Crippen LogP contribution >= 0.6 is 23.1 Å². The molecule has 0 radical (unpaired) electrons. The van der Waals surface area contributed by atoms with Crippen molar-refractivity contribution >= 4 is 34.7 Å². The molecule has 0 aliphatic heterocycles. The van der Waals surface area contributed by atoms with Gasteiger partial charge in [-0.05, 0) is 22.9 Å². The number of carbonyl (C=O) groups is 1. The molecule has 0 fully saturated rings. The molecule has 0 aliphatic rings. The summed E-state index contributed by atoms with van der Waals surface area (Å²) >= 11 is 2.87. The zero-order valence-corrected chi connectivity index (χ0v) is 18.9. The van der Waals surface area contributed by atoms with Gasteiger partial charge in [0.15, 0.2) is 11.0 Å². The Morgan fingerprint density at radius 2 is 2.06 bits per heavy atom. The predicted octanol–water partition coefficient (Wildman–Crippen LogP) is 4.85. The van der Waals surface area contributed by atoms with Crippen molar-refractivity contribution in [1.82, 2.24) is 20.1 Å². The average molecular weight is 458 g/mol. The topological polar surface area (TPSA) is 103 Å². The van der Waals surface area contributed by atoms with Crippen molar-refractivity contribution in [3.05, 3.63) is 80.8 Å². The monoisotopic (exact) mass is 457 g/mol. The molecule has 0 spiro atoms. The Hall–Kier alpha value is -2.98. The molecular formula is C21H23N5O3S2. The zero-order chi connectivity index (χ0) is 22.4. The van der Waals surface area contributed by atoms with E-state index in [4.69, 9.17) is 0 Å². The van der Waals surface area contributed by atoms with Gasteiger partial charge in [-0.2, -0.15) is 0 Å². The highest BCUT2D eigenvalue weighted by molar-refractivity contribution is 7.98. The number of thiophene rings is 1. The minimum absolute atomic E-state index is 0.0621. The Morgan fingerprint density at radius 3 is 2.65 bits per heavy atom. The van der Waals surface area contributed by atoms with Crippen LogP contribution < -0.4 is 5.32 Å². The van der Waals surface area contributed by atoms with Crippen molar-refractivity contribution in [2.24, 2.45) is 5.92 Å². The van der Waals surface area contributed by atoms with Gasteiger partial charge >= 0.3 is 0 Å². The van der Waals surface area contributed by atoms with Crippen LogP contribution in [-0.4, -0.2) is 25.6 Å². The molecule has 10 heteroatoms. The maximum Gasteiger partial charge on any atom is 0.269 e. The molecule has 1 N–H and O–H groups in total. The van der Waals surface area contributed by atoms with Gasteiger partial charge in [0, 0.05) is 24.4 Å². The van der Waals surface area contributed by atoms with Gasteiger partial charge in [0.1, 0.15) is 0 Å². The van der Waals surface area contributed by atoms with E-state index in [0.717, 1.165) is 5.56 Å². The first-order valence-corrected chi connectivity index (χ1v) is 11.5. The van der Waals surface area contributed by atoms with Crippen LogP contribution in [0.5, 0.6) is 0 Å². The van der Waals surface area contributed by atoms with Gasteiger partial charge in [-0.15, -0.1) is 28.1 Å². The number of hydrogen-bond acceptors (Lipinski definition) is 7. The summed E-state index contributed by atoms with van der Waals surface area (Å²) in [6.07, 6.45) is 1.77. The second-order valence-electron chi connectivity index (χ2n) is 7.12. The van der Waals surface area contributed by atoms with E-state index in [0.29, 0.717) is 28.2 Å². The third-order valence-electron chi connectivity index (χ3n) is 4.55. The number of carbonyl (C=O) groups excluding carboxylic acids is 1. The largest absolute Gasteiger partial charge is 0.341 e. The second kappa shape index (κ2) is 10.4. The Balaban J connectivity index is 1.79. The van der Waals surface area contributed by atoms with Crippen LogP contribution in [0.15, 0.2) is 59.6 Å². The maximum atomic E-state index is 12.6. The third kappa shape index (κ3) is 5.59. The lowest BCUT2D eigenvalue weighted by molar-refractivity contribution is -0.384. The van der Waals surface area contributed by atoms with E-state index in [2.05, 4.69) is 22.1 Å². The molecule has 31 heavy (non-hydrogen) atoms. The van der Waals surface area contributed by atoms with Crippen LogP contribution in [0.25, 0.3) is 0 Å². The van der Waals surface area contributed by atoms with E-state index in [-0.39, 0.29) is 23.6 Å². The Kier molecular flexibility index (Phi) is 7.59. The van der Waals surface area contributed by atoms with E-state index in [1.54, 1.807) is 24.3 Å². The summed E-state index contributed by atoms with van der Waals surface area (Å²) in [5.74, 6) is 1.22.